The largest absolute Gasteiger partial charge is 0.482 e. The van der Waals surface area contributed by atoms with E-state index in [1.165, 1.54) is 0 Å². The van der Waals surface area contributed by atoms with Crippen LogP contribution >= 0.6 is 11.6 Å². The van der Waals surface area contributed by atoms with Crippen LogP contribution in [0.5, 0.6) is 5.75 Å². The summed E-state index contributed by atoms with van der Waals surface area (Å²) in [4.78, 5) is 25.0. The molecule has 0 atom stereocenters. The van der Waals surface area contributed by atoms with Crippen molar-refractivity contribution in [3.63, 3.8) is 0 Å². The van der Waals surface area contributed by atoms with Gasteiger partial charge in [-0.15, -0.1) is 0 Å². The van der Waals surface area contributed by atoms with Crippen molar-refractivity contribution in [3.8, 4) is 5.75 Å². The summed E-state index contributed by atoms with van der Waals surface area (Å²) in [6, 6.07) is 5.56. The number of nitrogens with zero attached hydrogens (tertiary/aromatic N) is 1. The van der Waals surface area contributed by atoms with Gasteiger partial charge >= 0.3 is 0 Å². The van der Waals surface area contributed by atoms with Crippen LogP contribution in [-0.4, -0.2) is 42.5 Å². The third-order valence-electron chi connectivity index (χ3n) is 3.82. The second kappa shape index (κ2) is 7.49. The molecule has 1 aromatic rings. The predicted molar refractivity (Wildman–Crippen MR) is 85.1 cm³/mol. The molecule has 120 valence electrons. The minimum atomic E-state index is -0.166. The molecule has 5 nitrogen and oxygen atoms in total. The van der Waals surface area contributed by atoms with Crippen LogP contribution in [0, 0.1) is 6.92 Å². The summed E-state index contributed by atoms with van der Waals surface area (Å²) in [6.45, 7) is 4.77. The van der Waals surface area contributed by atoms with Crippen LogP contribution < -0.4 is 10.1 Å². The summed E-state index contributed by atoms with van der Waals surface area (Å²) >= 11 is 6.06. The topological polar surface area (TPSA) is 58.6 Å². The second-order valence-electron chi connectivity index (χ2n) is 5.52. The third kappa shape index (κ3) is 4.37. The molecule has 22 heavy (non-hydrogen) atoms. The van der Waals surface area contributed by atoms with Crippen molar-refractivity contribution in [2.75, 3.05) is 19.7 Å². The monoisotopic (exact) mass is 324 g/mol. The van der Waals surface area contributed by atoms with E-state index >= 15 is 0 Å². The molecule has 1 fully saturated rings. The van der Waals surface area contributed by atoms with Crippen LogP contribution in [-0.2, 0) is 9.59 Å². The minimum absolute atomic E-state index is 0.0580. The van der Waals surface area contributed by atoms with Crippen LogP contribution in [0.25, 0.3) is 0 Å². The Kier molecular flexibility index (Phi) is 5.66. The minimum Gasteiger partial charge on any atom is -0.482 e. The van der Waals surface area contributed by atoms with E-state index in [0.29, 0.717) is 23.9 Å². The number of hydrogen-bond donors (Lipinski definition) is 1. The first-order chi connectivity index (χ1) is 10.5. The van der Waals surface area contributed by atoms with Crippen molar-refractivity contribution >= 4 is 23.4 Å². The van der Waals surface area contributed by atoms with Crippen LogP contribution in [0.15, 0.2) is 18.2 Å². The number of nitrogens with one attached hydrogen (secondary N) is 1. The fourth-order valence-corrected chi connectivity index (χ4v) is 2.82. The number of carbonyl (C=O) groups excluding carboxylic acids is 2. The highest BCUT2D eigenvalue weighted by atomic mass is 35.5. The Bertz CT molecular complexity index is 534. The Labute approximate surface area is 135 Å². The molecule has 0 bridgehead atoms. The molecular weight excluding hydrogens is 304 g/mol. The number of ether oxygens (including phenoxy) is 1. The molecule has 1 saturated heterocycles. The maximum Gasteiger partial charge on any atom is 0.258 e. The molecule has 0 spiro atoms. The maximum absolute atomic E-state index is 12.0. The summed E-state index contributed by atoms with van der Waals surface area (Å²) < 4.78 is 5.52. The zero-order valence-electron chi connectivity index (χ0n) is 12.9. The number of halogens is 1. The zero-order chi connectivity index (χ0) is 16.1. The van der Waals surface area contributed by atoms with Crippen LogP contribution in [0.3, 0.4) is 0 Å². The van der Waals surface area contributed by atoms with Gasteiger partial charge in [0.05, 0.1) is 5.02 Å². The lowest BCUT2D eigenvalue weighted by Gasteiger charge is -2.31. The van der Waals surface area contributed by atoms with Gasteiger partial charge in [-0.05, 0) is 31.4 Å². The molecule has 2 amide bonds. The number of aryl methyl sites for hydroxylation is 1. The van der Waals surface area contributed by atoms with Crippen molar-refractivity contribution in [2.45, 2.75) is 32.7 Å². The first kappa shape index (κ1) is 16.6. The van der Waals surface area contributed by atoms with Gasteiger partial charge in [0, 0.05) is 26.1 Å². The molecule has 0 saturated carbocycles. The van der Waals surface area contributed by atoms with Crippen molar-refractivity contribution in [2.24, 2.45) is 0 Å². The molecule has 0 aliphatic carbocycles. The number of hydrogen-bond acceptors (Lipinski definition) is 3. The van der Waals surface area contributed by atoms with Gasteiger partial charge in [0.15, 0.2) is 6.61 Å². The van der Waals surface area contributed by atoms with E-state index in [-0.39, 0.29) is 24.5 Å². The average Bonchev–Trinajstić information content (AvgIpc) is 2.47. The molecule has 1 aliphatic heterocycles. The van der Waals surface area contributed by atoms with Crippen molar-refractivity contribution in [3.05, 3.63) is 28.8 Å². The van der Waals surface area contributed by atoms with Crippen molar-refractivity contribution in [1.82, 2.24) is 10.2 Å². The summed E-state index contributed by atoms with van der Waals surface area (Å²) in [6.07, 6.45) is 1.55. The number of carbonyl (C=O) groups is 2. The van der Waals surface area contributed by atoms with E-state index in [4.69, 9.17) is 16.3 Å². The van der Waals surface area contributed by atoms with Gasteiger partial charge in [0.25, 0.3) is 5.91 Å². The molecule has 0 radical (unpaired) electrons. The summed E-state index contributed by atoms with van der Waals surface area (Å²) in [7, 11) is 0. The highest BCUT2D eigenvalue weighted by molar-refractivity contribution is 6.32. The second-order valence-corrected chi connectivity index (χ2v) is 5.93. The molecule has 1 heterocycles. The summed E-state index contributed by atoms with van der Waals surface area (Å²) in [5, 5.41) is 3.44. The molecule has 0 unspecified atom stereocenters. The Balaban J connectivity index is 1.78. The molecule has 1 aromatic carbocycles. The lowest BCUT2D eigenvalue weighted by molar-refractivity contribution is -0.130. The number of amides is 2. The Morgan fingerprint density at radius 2 is 2.05 bits per heavy atom. The van der Waals surface area contributed by atoms with E-state index < -0.39 is 0 Å². The molecule has 2 rings (SSSR count). The number of likely N-dealkylation sites (tertiary alicyclic amines) is 1. The maximum atomic E-state index is 12.0. The van der Waals surface area contributed by atoms with Gasteiger partial charge in [-0.25, -0.2) is 0 Å². The fraction of sp³-hybridized carbons (Fsp3) is 0.500. The lowest BCUT2D eigenvalue weighted by Crippen LogP contribution is -2.47. The molecule has 0 aromatic heterocycles. The SMILES string of the molecule is CC(=O)N1CCC(NC(=O)COc2c(C)cccc2Cl)CC1. The highest BCUT2D eigenvalue weighted by Crippen LogP contribution is 2.27. The summed E-state index contributed by atoms with van der Waals surface area (Å²) in [5.74, 6) is 0.466. The van der Waals surface area contributed by atoms with Gasteiger partial charge in [0.2, 0.25) is 5.91 Å². The summed E-state index contributed by atoms with van der Waals surface area (Å²) in [5.41, 5.74) is 0.898. The zero-order valence-corrected chi connectivity index (χ0v) is 13.7. The molecule has 1 N–H and O–H groups in total. The van der Waals surface area contributed by atoms with Crippen molar-refractivity contribution in [1.29, 1.82) is 0 Å². The van der Waals surface area contributed by atoms with Gasteiger partial charge in [-0.1, -0.05) is 23.7 Å². The average molecular weight is 325 g/mol. The lowest BCUT2D eigenvalue weighted by atomic mass is 10.1. The van der Waals surface area contributed by atoms with Crippen molar-refractivity contribution < 1.29 is 14.3 Å². The number of piperidine rings is 1. The molecule has 1 aliphatic rings. The first-order valence-corrected chi connectivity index (χ1v) is 7.78. The van der Waals surface area contributed by atoms with E-state index in [9.17, 15) is 9.59 Å². The third-order valence-corrected chi connectivity index (χ3v) is 4.11. The quantitative estimate of drug-likeness (QED) is 0.923. The Hall–Kier alpha value is -1.75. The smallest absolute Gasteiger partial charge is 0.258 e. The fourth-order valence-electron chi connectivity index (χ4n) is 2.55. The van der Waals surface area contributed by atoms with E-state index in [2.05, 4.69) is 5.32 Å². The number of rotatable bonds is 4. The Morgan fingerprint density at radius 3 is 2.64 bits per heavy atom. The van der Waals surface area contributed by atoms with Gasteiger partial charge in [-0.3, -0.25) is 9.59 Å². The van der Waals surface area contributed by atoms with Gasteiger partial charge in [0.1, 0.15) is 5.75 Å². The van der Waals surface area contributed by atoms with Gasteiger partial charge < -0.3 is 15.0 Å². The molecule has 6 heteroatoms. The van der Waals surface area contributed by atoms with E-state index in [0.717, 1.165) is 18.4 Å². The standard InChI is InChI=1S/C16H21ClN2O3/c1-11-4-3-5-14(17)16(11)22-10-15(21)18-13-6-8-19(9-7-13)12(2)20/h3-5,13H,6-10H2,1-2H3,(H,18,21). The predicted octanol–water partition coefficient (Wildman–Crippen LogP) is 2.15. The normalized spacial score (nSPS) is 15.5. The number of para-hydroxylation sites is 1. The van der Waals surface area contributed by atoms with E-state index in [1.807, 2.05) is 19.1 Å². The highest BCUT2D eigenvalue weighted by Gasteiger charge is 2.22. The van der Waals surface area contributed by atoms with E-state index in [1.54, 1.807) is 17.9 Å². The molecular formula is C16H21ClN2O3. The van der Waals surface area contributed by atoms with Crippen LogP contribution in [0.4, 0.5) is 0 Å². The Morgan fingerprint density at radius 1 is 1.36 bits per heavy atom. The van der Waals surface area contributed by atoms with Crippen LogP contribution in [0.2, 0.25) is 5.02 Å². The van der Waals surface area contributed by atoms with Crippen LogP contribution in [0.1, 0.15) is 25.3 Å². The number of benzene rings is 1. The first-order valence-electron chi connectivity index (χ1n) is 7.40. The van der Waals surface area contributed by atoms with Gasteiger partial charge in [-0.2, -0.15) is 0 Å².